The molecule has 0 saturated carbocycles. The van der Waals surface area contributed by atoms with E-state index in [4.69, 9.17) is 28.5 Å². The monoisotopic (exact) mass is 354 g/mol. The van der Waals surface area contributed by atoms with E-state index in [1.54, 1.807) is 41.2 Å². The molecular weight excluding hydrogens is 343 g/mol. The molecule has 2 aromatic carbocycles. The fourth-order valence-corrected chi connectivity index (χ4v) is 2.73. The van der Waals surface area contributed by atoms with Gasteiger partial charge in [-0.15, -0.1) is 0 Å². The summed E-state index contributed by atoms with van der Waals surface area (Å²) in [5.74, 6) is 0. The highest BCUT2D eigenvalue weighted by Crippen LogP contribution is 2.27. The smallest absolute Gasteiger partial charge is 0.141 e. The molecule has 1 heterocycles. The summed E-state index contributed by atoms with van der Waals surface area (Å²) in [6.45, 7) is 1.86. The molecule has 0 amide bonds. The van der Waals surface area contributed by atoms with Gasteiger partial charge in [-0.2, -0.15) is 10.4 Å². The van der Waals surface area contributed by atoms with Gasteiger partial charge in [0.25, 0.3) is 0 Å². The first-order valence-corrected chi connectivity index (χ1v) is 7.90. The molecule has 1 aromatic heterocycles. The van der Waals surface area contributed by atoms with Crippen molar-refractivity contribution in [2.75, 3.05) is 0 Å². The van der Waals surface area contributed by atoms with E-state index >= 15 is 0 Å². The highest BCUT2D eigenvalue weighted by atomic mass is 35.5. The number of rotatable bonds is 3. The van der Waals surface area contributed by atoms with E-state index in [2.05, 4.69) is 16.2 Å². The van der Waals surface area contributed by atoms with E-state index in [0.717, 1.165) is 16.9 Å². The van der Waals surface area contributed by atoms with Gasteiger partial charge < -0.3 is 0 Å². The van der Waals surface area contributed by atoms with Gasteiger partial charge in [0.15, 0.2) is 0 Å². The van der Waals surface area contributed by atoms with Crippen molar-refractivity contribution in [3.8, 4) is 11.8 Å². The molecule has 0 bridgehead atoms. The van der Waals surface area contributed by atoms with Crippen molar-refractivity contribution in [2.45, 2.75) is 6.92 Å². The Balaban J connectivity index is 1.96. The Bertz CT molecular complexity index is 950. The van der Waals surface area contributed by atoms with Crippen LogP contribution < -0.4 is 0 Å². The second-order valence-electron chi connectivity index (χ2n) is 5.07. The molecule has 0 spiro atoms. The Morgan fingerprint density at radius 2 is 1.83 bits per heavy atom. The lowest BCUT2D eigenvalue weighted by Gasteiger charge is -2.04. The van der Waals surface area contributed by atoms with E-state index in [9.17, 15) is 0 Å². The minimum absolute atomic E-state index is 0.443. The molecule has 0 fully saturated rings. The Morgan fingerprint density at radius 3 is 2.50 bits per heavy atom. The van der Waals surface area contributed by atoms with Gasteiger partial charge in [0.1, 0.15) is 5.15 Å². The number of aromatic nitrogens is 2. The highest BCUT2D eigenvalue weighted by molar-refractivity contribution is 6.34. The maximum Gasteiger partial charge on any atom is 0.141 e. The maximum absolute atomic E-state index is 8.81. The zero-order valence-electron chi connectivity index (χ0n) is 12.7. The van der Waals surface area contributed by atoms with Crippen LogP contribution >= 0.6 is 23.2 Å². The van der Waals surface area contributed by atoms with Crippen molar-refractivity contribution in [2.24, 2.45) is 4.99 Å². The summed E-state index contributed by atoms with van der Waals surface area (Å²) in [6.07, 6.45) is 1.67. The van der Waals surface area contributed by atoms with Crippen LogP contribution in [0.3, 0.4) is 0 Å². The zero-order chi connectivity index (χ0) is 17.1. The molecule has 0 aliphatic rings. The van der Waals surface area contributed by atoms with Gasteiger partial charge in [-0.25, -0.2) is 4.68 Å². The molecule has 0 aliphatic heterocycles. The zero-order valence-corrected chi connectivity index (χ0v) is 14.3. The third-order valence-corrected chi connectivity index (χ3v) is 4.15. The van der Waals surface area contributed by atoms with Crippen LogP contribution in [0.25, 0.3) is 5.69 Å². The van der Waals surface area contributed by atoms with Crippen molar-refractivity contribution in [3.63, 3.8) is 0 Å². The predicted molar refractivity (Wildman–Crippen MR) is 96.7 cm³/mol. The number of halogens is 2. The lowest BCUT2D eigenvalue weighted by Crippen LogP contribution is -1.97. The van der Waals surface area contributed by atoms with Crippen molar-refractivity contribution in [1.29, 1.82) is 5.26 Å². The number of aliphatic imine (C=N–C) groups is 1. The number of benzene rings is 2. The van der Waals surface area contributed by atoms with Gasteiger partial charge >= 0.3 is 0 Å². The summed E-state index contributed by atoms with van der Waals surface area (Å²) in [6, 6.07) is 16.4. The standard InChI is InChI=1S/C18H12Cl2N4/c1-12-15(11-22-14-8-6-13(10-21)7-9-14)18(20)24(23-12)17-5-3-2-4-16(17)19/h2-9,11H,1H3. The topological polar surface area (TPSA) is 54.0 Å². The van der Waals surface area contributed by atoms with Crippen molar-refractivity contribution >= 4 is 35.1 Å². The fraction of sp³-hybridized carbons (Fsp3) is 0.0556. The van der Waals surface area contributed by atoms with Crippen LogP contribution in [0.15, 0.2) is 53.5 Å². The average molecular weight is 355 g/mol. The van der Waals surface area contributed by atoms with Gasteiger partial charge in [-0.05, 0) is 43.3 Å². The van der Waals surface area contributed by atoms with E-state index in [-0.39, 0.29) is 0 Å². The number of hydrogen-bond donors (Lipinski definition) is 0. The number of nitriles is 1. The Labute approximate surface area is 149 Å². The van der Waals surface area contributed by atoms with Crippen LogP contribution in [0.1, 0.15) is 16.8 Å². The molecule has 0 aliphatic carbocycles. The number of para-hydroxylation sites is 1. The van der Waals surface area contributed by atoms with Crippen molar-refractivity contribution in [3.05, 3.63) is 75.5 Å². The van der Waals surface area contributed by atoms with Gasteiger partial charge in [-0.1, -0.05) is 35.3 Å². The largest absolute Gasteiger partial charge is 0.256 e. The van der Waals surface area contributed by atoms with Gasteiger partial charge in [-0.3, -0.25) is 4.99 Å². The SMILES string of the molecule is Cc1nn(-c2ccccc2Cl)c(Cl)c1C=Nc1ccc(C#N)cc1. The van der Waals surface area contributed by atoms with E-state index in [1.807, 2.05) is 25.1 Å². The molecule has 0 radical (unpaired) electrons. The molecule has 24 heavy (non-hydrogen) atoms. The van der Waals surface area contributed by atoms with Gasteiger partial charge in [0, 0.05) is 6.21 Å². The van der Waals surface area contributed by atoms with Crippen LogP contribution in [-0.4, -0.2) is 16.0 Å². The number of hydrogen-bond acceptors (Lipinski definition) is 3. The first kappa shape index (κ1) is 16.3. The first-order valence-electron chi connectivity index (χ1n) is 7.14. The van der Waals surface area contributed by atoms with Gasteiger partial charge in [0.05, 0.1) is 39.3 Å². The molecule has 3 aromatic rings. The van der Waals surface area contributed by atoms with Gasteiger partial charge in [0.2, 0.25) is 0 Å². The molecule has 0 N–H and O–H groups in total. The number of nitrogens with zero attached hydrogens (tertiary/aromatic N) is 4. The lowest BCUT2D eigenvalue weighted by atomic mass is 10.2. The molecule has 3 rings (SSSR count). The van der Waals surface area contributed by atoms with Crippen LogP contribution in [0, 0.1) is 18.3 Å². The van der Waals surface area contributed by atoms with Crippen LogP contribution in [0.4, 0.5) is 5.69 Å². The number of aryl methyl sites for hydroxylation is 1. The molecule has 6 heteroatoms. The molecule has 0 atom stereocenters. The second-order valence-corrected chi connectivity index (χ2v) is 5.84. The summed E-state index contributed by atoms with van der Waals surface area (Å²) < 4.78 is 1.60. The quantitative estimate of drug-likeness (QED) is 0.613. The van der Waals surface area contributed by atoms with E-state index < -0.39 is 0 Å². The van der Waals surface area contributed by atoms with Crippen LogP contribution in [-0.2, 0) is 0 Å². The Kier molecular flexibility index (Phi) is 4.66. The summed E-state index contributed by atoms with van der Waals surface area (Å²) in [5, 5.41) is 14.3. The highest BCUT2D eigenvalue weighted by Gasteiger charge is 2.14. The third kappa shape index (κ3) is 3.18. The predicted octanol–water partition coefficient (Wildman–Crippen LogP) is 5.11. The second kappa shape index (κ2) is 6.88. The summed E-state index contributed by atoms with van der Waals surface area (Å²) >= 11 is 12.7. The molecular formula is C18H12Cl2N4. The fourth-order valence-electron chi connectivity index (χ4n) is 2.20. The summed E-state index contributed by atoms with van der Waals surface area (Å²) in [5.41, 5.74) is 3.51. The molecule has 0 unspecified atom stereocenters. The first-order chi connectivity index (χ1) is 11.6. The Hall–Kier alpha value is -2.61. The molecule has 118 valence electrons. The van der Waals surface area contributed by atoms with E-state index in [0.29, 0.717) is 21.4 Å². The minimum Gasteiger partial charge on any atom is -0.256 e. The normalized spacial score (nSPS) is 10.9. The average Bonchev–Trinajstić information content (AvgIpc) is 2.88. The maximum atomic E-state index is 8.81. The third-order valence-electron chi connectivity index (χ3n) is 3.47. The van der Waals surface area contributed by atoms with Crippen molar-refractivity contribution < 1.29 is 0 Å². The molecule has 0 saturated heterocycles. The lowest BCUT2D eigenvalue weighted by molar-refractivity contribution is 0.863. The Morgan fingerprint density at radius 1 is 1.12 bits per heavy atom. The summed E-state index contributed by atoms with van der Waals surface area (Å²) in [7, 11) is 0. The van der Waals surface area contributed by atoms with E-state index in [1.165, 1.54) is 0 Å². The minimum atomic E-state index is 0.443. The van der Waals surface area contributed by atoms with Crippen molar-refractivity contribution in [1.82, 2.24) is 9.78 Å². The summed E-state index contributed by atoms with van der Waals surface area (Å²) in [4.78, 5) is 4.40. The van der Waals surface area contributed by atoms with Crippen LogP contribution in [0.5, 0.6) is 0 Å². The van der Waals surface area contributed by atoms with Crippen LogP contribution in [0.2, 0.25) is 10.2 Å². The molecule has 4 nitrogen and oxygen atoms in total.